The van der Waals surface area contributed by atoms with E-state index in [0.717, 1.165) is 25.6 Å². The van der Waals surface area contributed by atoms with Crippen LogP contribution in [0, 0.1) is 5.92 Å². The molecule has 1 rings (SSSR count). The SMILES string of the molecule is CCCCC(CCC)CC1OCCO1. The van der Waals surface area contributed by atoms with Crippen molar-refractivity contribution in [1.82, 2.24) is 0 Å². The maximum atomic E-state index is 5.49. The molecule has 14 heavy (non-hydrogen) atoms. The van der Waals surface area contributed by atoms with Crippen molar-refractivity contribution in [2.75, 3.05) is 13.2 Å². The largest absolute Gasteiger partial charge is 0.350 e. The molecule has 0 spiro atoms. The van der Waals surface area contributed by atoms with Crippen molar-refractivity contribution in [3.8, 4) is 0 Å². The fourth-order valence-electron chi connectivity index (χ4n) is 2.10. The molecule has 0 N–H and O–H groups in total. The third-order valence-corrected chi connectivity index (χ3v) is 2.88. The summed E-state index contributed by atoms with van der Waals surface area (Å²) < 4.78 is 11.0. The Hall–Kier alpha value is -0.0800. The van der Waals surface area contributed by atoms with E-state index in [1.807, 2.05) is 0 Å². The molecule has 1 atom stereocenters. The van der Waals surface area contributed by atoms with Gasteiger partial charge < -0.3 is 9.47 Å². The van der Waals surface area contributed by atoms with Crippen LogP contribution in [0.5, 0.6) is 0 Å². The van der Waals surface area contributed by atoms with Crippen molar-refractivity contribution in [2.45, 2.75) is 58.7 Å². The molecule has 0 aromatic carbocycles. The highest BCUT2D eigenvalue weighted by Gasteiger charge is 2.20. The molecule has 2 nitrogen and oxygen atoms in total. The van der Waals surface area contributed by atoms with Gasteiger partial charge in [-0.05, 0) is 5.92 Å². The van der Waals surface area contributed by atoms with Gasteiger partial charge in [0.1, 0.15) is 0 Å². The Labute approximate surface area is 88.0 Å². The lowest BCUT2D eigenvalue weighted by molar-refractivity contribution is -0.0584. The second-order valence-electron chi connectivity index (χ2n) is 4.20. The first-order chi connectivity index (χ1) is 6.86. The van der Waals surface area contributed by atoms with Gasteiger partial charge in [-0.25, -0.2) is 0 Å². The number of rotatable bonds is 7. The van der Waals surface area contributed by atoms with E-state index in [2.05, 4.69) is 13.8 Å². The highest BCUT2D eigenvalue weighted by Crippen LogP contribution is 2.23. The normalized spacial score (nSPS) is 20.1. The zero-order chi connectivity index (χ0) is 10.2. The minimum Gasteiger partial charge on any atom is -0.350 e. The molecule has 2 heteroatoms. The van der Waals surface area contributed by atoms with Gasteiger partial charge in [-0.2, -0.15) is 0 Å². The van der Waals surface area contributed by atoms with Crippen LogP contribution >= 0.6 is 0 Å². The van der Waals surface area contributed by atoms with Crippen LogP contribution in [0.2, 0.25) is 0 Å². The van der Waals surface area contributed by atoms with Crippen molar-refractivity contribution in [3.05, 3.63) is 0 Å². The van der Waals surface area contributed by atoms with E-state index < -0.39 is 0 Å². The summed E-state index contributed by atoms with van der Waals surface area (Å²) >= 11 is 0. The van der Waals surface area contributed by atoms with E-state index in [-0.39, 0.29) is 6.29 Å². The average Bonchev–Trinajstić information content (AvgIpc) is 2.67. The number of ether oxygens (including phenoxy) is 2. The molecule has 84 valence electrons. The van der Waals surface area contributed by atoms with Gasteiger partial charge in [0, 0.05) is 6.42 Å². The van der Waals surface area contributed by atoms with Gasteiger partial charge in [-0.15, -0.1) is 0 Å². The fraction of sp³-hybridized carbons (Fsp3) is 1.00. The molecule has 0 radical (unpaired) electrons. The van der Waals surface area contributed by atoms with E-state index in [1.54, 1.807) is 0 Å². The van der Waals surface area contributed by atoms with E-state index >= 15 is 0 Å². The van der Waals surface area contributed by atoms with Gasteiger partial charge in [0.15, 0.2) is 6.29 Å². The lowest BCUT2D eigenvalue weighted by Gasteiger charge is -2.18. The van der Waals surface area contributed by atoms with Crippen LogP contribution in [0.1, 0.15) is 52.4 Å². The quantitative estimate of drug-likeness (QED) is 0.627. The van der Waals surface area contributed by atoms with Crippen LogP contribution in [-0.4, -0.2) is 19.5 Å². The first-order valence-corrected chi connectivity index (χ1v) is 6.10. The predicted octanol–water partition coefficient (Wildman–Crippen LogP) is 3.36. The summed E-state index contributed by atoms with van der Waals surface area (Å²) in [4.78, 5) is 0. The summed E-state index contributed by atoms with van der Waals surface area (Å²) in [6.07, 6.45) is 7.79. The molecule has 0 aliphatic carbocycles. The Morgan fingerprint density at radius 1 is 1.07 bits per heavy atom. The van der Waals surface area contributed by atoms with Gasteiger partial charge in [-0.3, -0.25) is 0 Å². The Bertz CT molecular complexity index is 130. The molecule has 0 amide bonds. The van der Waals surface area contributed by atoms with Gasteiger partial charge in [0.25, 0.3) is 0 Å². The Kier molecular flexibility index (Phi) is 6.20. The van der Waals surface area contributed by atoms with Crippen molar-refractivity contribution in [3.63, 3.8) is 0 Å². The minimum absolute atomic E-state index is 0.100. The van der Waals surface area contributed by atoms with Crippen molar-refractivity contribution >= 4 is 0 Å². The molecular formula is C12H24O2. The topological polar surface area (TPSA) is 18.5 Å². The van der Waals surface area contributed by atoms with Crippen molar-refractivity contribution < 1.29 is 9.47 Å². The molecular weight excluding hydrogens is 176 g/mol. The van der Waals surface area contributed by atoms with Crippen LogP contribution in [0.25, 0.3) is 0 Å². The van der Waals surface area contributed by atoms with Crippen LogP contribution < -0.4 is 0 Å². The summed E-state index contributed by atoms with van der Waals surface area (Å²) in [7, 11) is 0. The molecule has 1 aliphatic rings. The molecule has 1 saturated heterocycles. The lowest BCUT2D eigenvalue weighted by atomic mass is 9.93. The van der Waals surface area contributed by atoms with Crippen LogP contribution in [-0.2, 0) is 9.47 Å². The molecule has 0 saturated carbocycles. The summed E-state index contributed by atoms with van der Waals surface area (Å²) in [5.74, 6) is 0.808. The van der Waals surface area contributed by atoms with E-state index in [1.165, 1.54) is 32.1 Å². The summed E-state index contributed by atoms with van der Waals surface area (Å²) in [5.41, 5.74) is 0. The first-order valence-electron chi connectivity index (χ1n) is 6.10. The Morgan fingerprint density at radius 3 is 2.36 bits per heavy atom. The number of hydrogen-bond donors (Lipinski definition) is 0. The monoisotopic (exact) mass is 200 g/mol. The zero-order valence-electron chi connectivity index (χ0n) is 9.63. The zero-order valence-corrected chi connectivity index (χ0v) is 9.63. The molecule has 1 heterocycles. The van der Waals surface area contributed by atoms with Crippen molar-refractivity contribution in [2.24, 2.45) is 5.92 Å². The standard InChI is InChI=1S/C12H24O2/c1-3-5-7-11(6-4-2)10-12-13-8-9-14-12/h11-12H,3-10H2,1-2H3. The second-order valence-corrected chi connectivity index (χ2v) is 4.20. The number of hydrogen-bond acceptors (Lipinski definition) is 2. The van der Waals surface area contributed by atoms with E-state index in [9.17, 15) is 0 Å². The lowest BCUT2D eigenvalue weighted by Crippen LogP contribution is -2.14. The second kappa shape index (κ2) is 7.24. The summed E-state index contributed by atoms with van der Waals surface area (Å²) in [6, 6.07) is 0. The minimum atomic E-state index is 0.100. The first kappa shape index (κ1) is 12.0. The third kappa shape index (κ3) is 4.43. The summed E-state index contributed by atoms with van der Waals surface area (Å²) in [5, 5.41) is 0. The van der Waals surface area contributed by atoms with E-state index in [4.69, 9.17) is 9.47 Å². The average molecular weight is 200 g/mol. The molecule has 0 aromatic heterocycles. The highest BCUT2D eigenvalue weighted by atomic mass is 16.7. The molecule has 1 unspecified atom stereocenters. The molecule has 0 bridgehead atoms. The van der Waals surface area contributed by atoms with E-state index in [0.29, 0.717) is 0 Å². The predicted molar refractivity (Wildman–Crippen MR) is 58.2 cm³/mol. The molecule has 1 aliphatic heterocycles. The van der Waals surface area contributed by atoms with Crippen LogP contribution in [0.3, 0.4) is 0 Å². The van der Waals surface area contributed by atoms with Gasteiger partial charge in [0.05, 0.1) is 13.2 Å². The maximum Gasteiger partial charge on any atom is 0.158 e. The van der Waals surface area contributed by atoms with Crippen LogP contribution in [0.4, 0.5) is 0 Å². The van der Waals surface area contributed by atoms with Gasteiger partial charge in [-0.1, -0.05) is 46.0 Å². The van der Waals surface area contributed by atoms with Crippen molar-refractivity contribution in [1.29, 1.82) is 0 Å². The smallest absolute Gasteiger partial charge is 0.158 e. The third-order valence-electron chi connectivity index (χ3n) is 2.88. The molecule has 1 fully saturated rings. The summed E-state index contributed by atoms with van der Waals surface area (Å²) in [6.45, 7) is 6.09. The van der Waals surface area contributed by atoms with Crippen LogP contribution in [0.15, 0.2) is 0 Å². The fourth-order valence-corrected chi connectivity index (χ4v) is 2.10. The Morgan fingerprint density at radius 2 is 1.79 bits per heavy atom. The number of unbranched alkanes of at least 4 members (excludes halogenated alkanes) is 1. The molecule has 0 aromatic rings. The van der Waals surface area contributed by atoms with Gasteiger partial charge in [0.2, 0.25) is 0 Å². The van der Waals surface area contributed by atoms with Gasteiger partial charge >= 0.3 is 0 Å². The highest BCUT2D eigenvalue weighted by molar-refractivity contribution is 4.63. The maximum absolute atomic E-state index is 5.49. The Balaban J connectivity index is 2.18.